The number of rotatable bonds is 4. The van der Waals surface area contributed by atoms with Crippen molar-refractivity contribution in [2.45, 2.75) is 6.61 Å². The Hall–Kier alpha value is -0.688. The van der Waals surface area contributed by atoms with Crippen LogP contribution >= 0.6 is 0 Å². The number of ether oxygens (including phenoxy) is 2. The maximum Gasteiger partial charge on any atom is 0.170 e. The average Bonchev–Trinajstić information content (AvgIpc) is 2.09. The molecule has 1 aromatic rings. The Balaban J connectivity index is 0.00000144. The molecular formula is C9H9O3Re-. The molecule has 0 heterocycles. The van der Waals surface area contributed by atoms with Crippen LogP contribution in [0.4, 0.5) is 0 Å². The molecule has 13 heavy (non-hydrogen) atoms. The summed E-state index contributed by atoms with van der Waals surface area (Å²) in [5, 5.41) is 0. The molecule has 0 bridgehead atoms. The fraction of sp³-hybridized carbons (Fsp3) is 0.222. The van der Waals surface area contributed by atoms with Gasteiger partial charge in [-0.05, 0) is 11.3 Å². The van der Waals surface area contributed by atoms with Crippen LogP contribution in [0, 0.1) is 0 Å². The van der Waals surface area contributed by atoms with E-state index in [0.29, 0.717) is 12.4 Å². The Bertz CT molecular complexity index is 246. The van der Waals surface area contributed by atoms with Crippen LogP contribution in [0.15, 0.2) is 24.3 Å². The molecule has 0 aliphatic carbocycles. The van der Waals surface area contributed by atoms with E-state index in [4.69, 9.17) is 4.74 Å². The smallest absolute Gasteiger partial charge is 0.170 e. The van der Waals surface area contributed by atoms with Crippen molar-refractivity contribution in [1.29, 1.82) is 0 Å². The zero-order valence-electron chi connectivity index (χ0n) is 7.12. The molecule has 0 atom stereocenters. The van der Waals surface area contributed by atoms with Crippen LogP contribution in [-0.4, -0.2) is 13.6 Å². The summed E-state index contributed by atoms with van der Waals surface area (Å²) in [7, 11) is 1.63. The normalized spacial score (nSPS) is 8.69. The largest absolute Gasteiger partial charge is 0.610 e. The summed E-state index contributed by atoms with van der Waals surface area (Å²) in [5.41, 5.74) is 1.04. The average molecular weight is 351 g/mol. The molecule has 0 N–H and O–H groups in total. The Morgan fingerprint density at radius 2 is 1.92 bits per heavy atom. The van der Waals surface area contributed by atoms with Crippen molar-refractivity contribution in [2.75, 3.05) is 7.11 Å². The number of hydrogen-bond acceptors (Lipinski definition) is 3. The van der Waals surface area contributed by atoms with Gasteiger partial charge in [-0.25, -0.2) is 0 Å². The summed E-state index contributed by atoms with van der Waals surface area (Å²) >= 11 is 0. The topological polar surface area (TPSA) is 35.5 Å². The molecule has 0 unspecified atom stereocenters. The van der Waals surface area contributed by atoms with E-state index in [1.165, 1.54) is 6.47 Å². The maximum absolute atomic E-state index is 9.81. The first kappa shape index (κ1) is 12.3. The van der Waals surface area contributed by atoms with Gasteiger partial charge in [0.1, 0.15) is 0 Å². The van der Waals surface area contributed by atoms with Crippen LogP contribution in [0.1, 0.15) is 5.56 Å². The minimum absolute atomic E-state index is 0. The molecule has 0 saturated heterocycles. The van der Waals surface area contributed by atoms with E-state index < -0.39 is 0 Å². The van der Waals surface area contributed by atoms with E-state index in [1.54, 1.807) is 19.2 Å². The van der Waals surface area contributed by atoms with E-state index in [9.17, 15) is 4.79 Å². The summed E-state index contributed by atoms with van der Waals surface area (Å²) < 4.78 is 9.40. The number of hydrogen-bond donors (Lipinski definition) is 0. The predicted molar refractivity (Wildman–Crippen MR) is 43.5 cm³/mol. The van der Waals surface area contributed by atoms with Crippen LogP contribution < -0.4 is 4.74 Å². The van der Waals surface area contributed by atoms with Gasteiger partial charge in [-0.15, -0.1) is 12.1 Å². The number of methoxy groups -OCH3 is 1. The van der Waals surface area contributed by atoms with Crippen molar-refractivity contribution in [1.82, 2.24) is 0 Å². The molecule has 0 aliphatic rings. The van der Waals surface area contributed by atoms with Crippen molar-refractivity contribution >= 4 is 6.47 Å². The molecule has 0 amide bonds. The second-order valence-corrected chi connectivity index (χ2v) is 2.26. The zero-order valence-corrected chi connectivity index (χ0v) is 9.84. The van der Waals surface area contributed by atoms with Crippen LogP contribution in [0.25, 0.3) is 0 Å². The summed E-state index contributed by atoms with van der Waals surface area (Å²) in [5.74, 6) is 0.491. The van der Waals surface area contributed by atoms with Crippen LogP contribution in [0.5, 0.6) is 5.75 Å². The second kappa shape index (κ2) is 6.79. The first-order valence-corrected chi connectivity index (χ1v) is 3.48. The second-order valence-electron chi connectivity index (χ2n) is 2.26. The van der Waals surface area contributed by atoms with Gasteiger partial charge in [0.15, 0.2) is 6.47 Å². The molecule has 0 spiro atoms. The third-order valence-electron chi connectivity index (χ3n) is 1.39. The molecule has 0 aliphatic heterocycles. The number of benzene rings is 1. The van der Waals surface area contributed by atoms with Crippen LogP contribution in [-0.2, 0) is 36.6 Å². The Morgan fingerprint density at radius 1 is 1.31 bits per heavy atom. The van der Waals surface area contributed by atoms with Crippen LogP contribution in [0.3, 0.4) is 0 Å². The minimum Gasteiger partial charge on any atom is -0.610 e. The summed E-state index contributed by atoms with van der Waals surface area (Å²) in [4.78, 5) is 9.81. The van der Waals surface area contributed by atoms with E-state index in [0.717, 1.165) is 5.56 Å². The van der Waals surface area contributed by atoms with Gasteiger partial charge in [-0.2, -0.15) is 0 Å². The quantitative estimate of drug-likeness (QED) is 0.767. The summed E-state index contributed by atoms with van der Waals surface area (Å²) in [6, 6.07) is 7.05. The number of carbonyl (C=O) groups excluding carboxylic acids is 1. The standard InChI is InChI=1S/C9H9O3.Re/c1-11-6-8-2-4-9(5-3-8)12-7-10;/h2-5H,6H2,1H3;/q-1;. The molecule has 3 nitrogen and oxygen atoms in total. The first-order valence-electron chi connectivity index (χ1n) is 3.48. The molecule has 0 saturated carbocycles. The monoisotopic (exact) mass is 352 g/mol. The van der Waals surface area contributed by atoms with Gasteiger partial charge in [-0.1, -0.05) is 12.1 Å². The molecule has 71 valence electrons. The van der Waals surface area contributed by atoms with E-state index in [2.05, 4.69) is 4.74 Å². The van der Waals surface area contributed by atoms with E-state index in [-0.39, 0.29) is 20.4 Å². The van der Waals surface area contributed by atoms with Gasteiger partial charge < -0.3 is 14.3 Å². The third kappa shape index (κ3) is 4.18. The van der Waals surface area contributed by atoms with Gasteiger partial charge in [0.25, 0.3) is 0 Å². The van der Waals surface area contributed by atoms with Crippen molar-refractivity contribution in [2.24, 2.45) is 0 Å². The fourth-order valence-electron chi connectivity index (χ4n) is 0.868. The van der Waals surface area contributed by atoms with Crippen molar-refractivity contribution in [3.05, 3.63) is 29.8 Å². The minimum atomic E-state index is 0. The van der Waals surface area contributed by atoms with Gasteiger partial charge in [-0.3, -0.25) is 0 Å². The van der Waals surface area contributed by atoms with E-state index in [1.807, 2.05) is 12.1 Å². The predicted octanol–water partition coefficient (Wildman–Crippen LogP) is 1.28. The SMILES string of the molecule is COCc1ccc(O[C-]=O)cc1.[Re]. The molecule has 1 radical (unpaired) electrons. The van der Waals surface area contributed by atoms with Crippen molar-refractivity contribution in [3.63, 3.8) is 0 Å². The molecule has 1 aromatic carbocycles. The molecule has 0 aromatic heterocycles. The van der Waals surface area contributed by atoms with Gasteiger partial charge in [0.05, 0.1) is 6.61 Å². The maximum atomic E-state index is 9.81. The fourth-order valence-corrected chi connectivity index (χ4v) is 0.868. The van der Waals surface area contributed by atoms with E-state index >= 15 is 0 Å². The first-order chi connectivity index (χ1) is 5.86. The van der Waals surface area contributed by atoms with Crippen LogP contribution in [0.2, 0.25) is 0 Å². The molecular weight excluding hydrogens is 342 g/mol. The van der Waals surface area contributed by atoms with Gasteiger partial charge in [0, 0.05) is 27.5 Å². The Kier molecular flexibility index (Phi) is 6.43. The van der Waals surface area contributed by atoms with Gasteiger partial charge >= 0.3 is 0 Å². The summed E-state index contributed by atoms with van der Waals surface area (Å²) in [6.45, 7) is 1.91. The summed E-state index contributed by atoms with van der Waals surface area (Å²) in [6.07, 6.45) is 0. The van der Waals surface area contributed by atoms with Crippen molar-refractivity contribution < 1.29 is 34.7 Å². The molecule has 1 rings (SSSR count). The van der Waals surface area contributed by atoms with Gasteiger partial charge in [0.2, 0.25) is 0 Å². The molecule has 4 heteroatoms. The Labute approximate surface area is 90.7 Å². The third-order valence-corrected chi connectivity index (χ3v) is 1.39. The zero-order chi connectivity index (χ0) is 8.81. The van der Waals surface area contributed by atoms with Crippen molar-refractivity contribution in [3.8, 4) is 5.75 Å². The Morgan fingerprint density at radius 3 is 2.38 bits per heavy atom. The molecule has 0 fully saturated rings.